The highest BCUT2D eigenvalue weighted by molar-refractivity contribution is 5.91. The minimum absolute atomic E-state index is 0.0111. The van der Waals surface area contributed by atoms with Crippen molar-refractivity contribution in [3.63, 3.8) is 0 Å². The topological polar surface area (TPSA) is 149 Å². The number of rotatable bonds is 8. The first-order valence-corrected chi connectivity index (χ1v) is 9.46. The summed E-state index contributed by atoms with van der Waals surface area (Å²) in [5.74, 6) is 1.00. The van der Waals surface area contributed by atoms with Crippen LogP contribution >= 0.6 is 0 Å². The van der Waals surface area contributed by atoms with Gasteiger partial charge in [0.2, 0.25) is 5.95 Å². The summed E-state index contributed by atoms with van der Waals surface area (Å²) in [6, 6.07) is 15.2. The number of aliphatic hydroxyl groups is 1. The van der Waals surface area contributed by atoms with E-state index in [2.05, 4.69) is 20.3 Å². The number of benzene rings is 2. The maximum Gasteiger partial charge on any atom is 0.270 e. The van der Waals surface area contributed by atoms with Crippen molar-refractivity contribution in [2.45, 2.75) is 6.42 Å². The lowest BCUT2D eigenvalue weighted by Gasteiger charge is -2.10. The number of anilines is 1. The van der Waals surface area contributed by atoms with Crippen LogP contribution in [0, 0.1) is 10.1 Å². The van der Waals surface area contributed by atoms with Crippen LogP contribution < -0.4 is 15.8 Å². The molecule has 3 aromatic rings. The number of aromatic nitrogens is 2. The Morgan fingerprint density at radius 1 is 1.16 bits per heavy atom. The van der Waals surface area contributed by atoms with E-state index < -0.39 is 4.92 Å². The van der Waals surface area contributed by atoms with E-state index in [0.29, 0.717) is 35.7 Å². The van der Waals surface area contributed by atoms with Crippen LogP contribution in [0.3, 0.4) is 0 Å². The third kappa shape index (κ3) is 5.73. The fourth-order valence-corrected chi connectivity index (χ4v) is 2.76. The number of hydrogen-bond donors (Lipinski definition) is 3. The Bertz CT molecular complexity index is 1090. The molecule has 0 amide bonds. The van der Waals surface area contributed by atoms with E-state index in [4.69, 9.17) is 15.6 Å². The van der Waals surface area contributed by atoms with Gasteiger partial charge in [-0.2, -0.15) is 0 Å². The first-order valence-electron chi connectivity index (χ1n) is 9.46. The first-order chi connectivity index (χ1) is 15.0. The zero-order valence-corrected chi connectivity index (χ0v) is 16.9. The van der Waals surface area contributed by atoms with E-state index in [1.165, 1.54) is 12.1 Å². The van der Waals surface area contributed by atoms with Crippen LogP contribution in [0.5, 0.6) is 5.75 Å². The Morgan fingerprint density at radius 2 is 1.87 bits per heavy atom. The van der Waals surface area contributed by atoms with Gasteiger partial charge in [0.15, 0.2) is 5.96 Å². The van der Waals surface area contributed by atoms with Gasteiger partial charge in [0, 0.05) is 36.4 Å². The quantitative estimate of drug-likeness (QED) is 0.165. The first kappa shape index (κ1) is 21.7. The molecule has 0 saturated heterocycles. The zero-order chi connectivity index (χ0) is 22.2. The van der Waals surface area contributed by atoms with Gasteiger partial charge < -0.3 is 15.6 Å². The number of nitro groups is 1. The number of nitro benzene ring substituents is 1. The highest BCUT2D eigenvalue weighted by atomic mass is 16.6. The Morgan fingerprint density at radius 3 is 2.52 bits per heavy atom. The predicted molar refractivity (Wildman–Crippen MR) is 118 cm³/mol. The van der Waals surface area contributed by atoms with E-state index in [9.17, 15) is 10.1 Å². The number of guanidine groups is 1. The third-order valence-electron chi connectivity index (χ3n) is 4.30. The van der Waals surface area contributed by atoms with Crippen LogP contribution in [0.4, 0.5) is 11.6 Å². The average Bonchev–Trinajstić information content (AvgIpc) is 2.79. The van der Waals surface area contributed by atoms with Crippen molar-refractivity contribution < 1.29 is 14.8 Å². The molecule has 1 heterocycles. The van der Waals surface area contributed by atoms with E-state index in [0.717, 1.165) is 5.56 Å². The summed E-state index contributed by atoms with van der Waals surface area (Å²) >= 11 is 0. The van der Waals surface area contributed by atoms with Crippen molar-refractivity contribution in [1.29, 1.82) is 0 Å². The third-order valence-corrected chi connectivity index (χ3v) is 4.30. The second kappa shape index (κ2) is 10.1. The van der Waals surface area contributed by atoms with Crippen molar-refractivity contribution in [2.75, 3.05) is 25.6 Å². The number of nitrogens with zero attached hydrogens (tertiary/aromatic N) is 4. The van der Waals surface area contributed by atoms with E-state index in [-0.39, 0.29) is 24.2 Å². The summed E-state index contributed by atoms with van der Waals surface area (Å²) < 4.78 is 5.20. The largest absolute Gasteiger partial charge is 0.497 e. The van der Waals surface area contributed by atoms with Gasteiger partial charge in [0.25, 0.3) is 5.69 Å². The minimum atomic E-state index is -0.458. The summed E-state index contributed by atoms with van der Waals surface area (Å²) in [7, 11) is 1.58. The van der Waals surface area contributed by atoms with Gasteiger partial charge in [-0.15, -0.1) is 0 Å². The number of nitrogens with one attached hydrogen (secondary N) is 1. The van der Waals surface area contributed by atoms with Gasteiger partial charge in [0.1, 0.15) is 5.75 Å². The molecular weight excluding hydrogens is 400 g/mol. The highest BCUT2D eigenvalue weighted by Gasteiger charge is 2.13. The second-order valence-electron chi connectivity index (χ2n) is 6.47. The fraction of sp³-hybridized carbons (Fsp3) is 0.190. The summed E-state index contributed by atoms with van der Waals surface area (Å²) in [4.78, 5) is 23.8. The lowest BCUT2D eigenvalue weighted by atomic mass is 10.1. The summed E-state index contributed by atoms with van der Waals surface area (Å²) in [6.45, 7) is 0.364. The monoisotopic (exact) mass is 422 g/mol. The van der Waals surface area contributed by atoms with Crippen LogP contribution in [0.2, 0.25) is 0 Å². The summed E-state index contributed by atoms with van der Waals surface area (Å²) in [5.41, 5.74) is 8.29. The van der Waals surface area contributed by atoms with Gasteiger partial charge in [-0.05, 0) is 36.8 Å². The van der Waals surface area contributed by atoms with Crippen molar-refractivity contribution >= 4 is 17.6 Å². The van der Waals surface area contributed by atoms with Crippen molar-refractivity contribution in [1.82, 2.24) is 9.97 Å². The van der Waals surface area contributed by atoms with Crippen LogP contribution in [-0.2, 0) is 0 Å². The normalized spacial score (nSPS) is 11.2. The maximum absolute atomic E-state index is 11.2. The zero-order valence-electron chi connectivity index (χ0n) is 16.9. The second-order valence-corrected chi connectivity index (χ2v) is 6.47. The molecule has 0 fully saturated rings. The molecule has 3 rings (SSSR count). The van der Waals surface area contributed by atoms with Crippen molar-refractivity contribution in [3.05, 3.63) is 64.7 Å². The Labute approximate surface area is 178 Å². The lowest BCUT2D eigenvalue weighted by Crippen LogP contribution is -2.24. The number of methoxy groups -OCH3 is 1. The standard InChI is InChI=1S/C21H22N6O4/c1-31-17-8-6-14(7-9-17)18-13-19(15-4-2-5-16(12-15)27(29)30)25-21(24-18)26-20(22)23-10-3-11-28/h2,4-9,12-13,28H,3,10-11H2,1H3,(H3,22,23,24,25,26). The number of aliphatic hydroxyl groups excluding tert-OH is 1. The molecule has 2 aromatic carbocycles. The molecule has 0 aliphatic rings. The molecule has 31 heavy (non-hydrogen) atoms. The summed E-state index contributed by atoms with van der Waals surface area (Å²) in [6.07, 6.45) is 0.480. The number of hydrogen-bond acceptors (Lipinski definition) is 7. The Balaban J connectivity index is 2.03. The SMILES string of the molecule is COc1ccc(-c2cc(-c3cccc([N+](=O)[O-])c3)nc(NC(N)=NCCCO)n2)cc1. The molecule has 0 aliphatic carbocycles. The number of ether oxygens (including phenoxy) is 1. The molecule has 0 saturated carbocycles. The molecule has 0 radical (unpaired) electrons. The highest BCUT2D eigenvalue weighted by Crippen LogP contribution is 2.28. The molecule has 10 nitrogen and oxygen atoms in total. The molecule has 0 unspecified atom stereocenters. The van der Waals surface area contributed by atoms with Crippen molar-refractivity contribution in [2.24, 2.45) is 10.7 Å². The molecule has 1 aromatic heterocycles. The lowest BCUT2D eigenvalue weighted by molar-refractivity contribution is -0.384. The number of non-ortho nitro benzene ring substituents is 1. The van der Waals surface area contributed by atoms with E-state index in [1.807, 2.05) is 24.3 Å². The van der Waals surface area contributed by atoms with Crippen LogP contribution in [-0.4, -0.2) is 46.2 Å². The molecular formula is C21H22N6O4. The van der Waals surface area contributed by atoms with Gasteiger partial charge in [-0.25, -0.2) is 9.97 Å². The van der Waals surface area contributed by atoms with Crippen LogP contribution in [0.15, 0.2) is 59.6 Å². The fourth-order valence-electron chi connectivity index (χ4n) is 2.76. The molecule has 0 atom stereocenters. The summed E-state index contributed by atoms with van der Waals surface area (Å²) in [5, 5.41) is 22.9. The number of aliphatic imine (C=N–C) groups is 1. The molecule has 0 spiro atoms. The van der Waals surface area contributed by atoms with Crippen LogP contribution in [0.1, 0.15) is 6.42 Å². The Hall–Kier alpha value is -4.05. The minimum Gasteiger partial charge on any atom is -0.497 e. The van der Waals surface area contributed by atoms with Gasteiger partial charge in [-0.1, -0.05) is 12.1 Å². The van der Waals surface area contributed by atoms with E-state index >= 15 is 0 Å². The Kier molecular flexibility index (Phi) is 7.07. The van der Waals surface area contributed by atoms with E-state index in [1.54, 1.807) is 25.3 Å². The van der Waals surface area contributed by atoms with Gasteiger partial charge >= 0.3 is 0 Å². The van der Waals surface area contributed by atoms with Gasteiger partial charge in [0.05, 0.1) is 23.4 Å². The molecule has 160 valence electrons. The van der Waals surface area contributed by atoms with Crippen molar-refractivity contribution in [3.8, 4) is 28.3 Å². The molecule has 0 bridgehead atoms. The smallest absolute Gasteiger partial charge is 0.270 e. The van der Waals surface area contributed by atoms with Gasteiger partial charge in [-0.3, -0.25) is 20.4 Å². The van der Waals surface area contributed by atoms with Crippen LogP contribution in [0.25, 0.3) is 22.5 Å². The molecule has 0 aliphatic heterocycles. The molecule has 4 N–H and O–H groups in total. The average molecular weight is 422 g/mol. The number of nitrogens with two attached hydrogens (primary N) is 1. The maximum atomic E-state index is 11.2. The molecule has 10 heteroatoms. The predicted octanol–water partition coefficient (Wildman–Crippen LogP) is 2.84.